The number of methoxy groups -OCH3 is 2. The number of hydrogen-bond donors (Lipinski definition) is 3. The number of carboxylic acid groups (broad SMARTS) is 1. The van der Waals surface area contributed by atoms with Gasteiger partial charge in [-0.1, -0.05) is 48.5 Å². The summed E-state index contributed by atoms with van der Waals surface area (Å²) in [7, 11) is 2.44. The van der Waals surface area contributed by atoms with Crippen LogP contribution in [0.15, 0.2) is 48.5 Å². The molecule has 186 valence electrons. The van der Waals surface area contributed by atoms with Crippen LogP contribution in [-0.2, 0) is 28.6 Å². The molecule has 2 aromatic rings. The van der Waals surface area contributed by atoms with E-state index < -0.39 is 36.1 Å². The maximum Gasteiger partial charge on any atom is 0.407 e. The lowest BCUT2D eigenvalue weighted by Crippen LogP contribution is -2.49. The summed E-state index contributed by atoms with van der Waals surface area (Å²) in [5.74, 6) is -2.75. The minimum absolute atomic E-state index is 0.109. The zero-order valence-electron chi connectivity index (χ0n) is 19.5. The number of carboxylic acids is 1. The monoisotopic (exact) mass is 484 g/mol. The fourth-order valence-electron chi connectivity index (χ4n) is 3.99. The highest BCUT2D eigenvalue weighted by molar-refractivity contribution is 5.87. The van der Waals surface area contributed by atoms with E-state index in [9.17, 15) is 24.3 Å². The van der Waals surface area contributed by atoms with Crippen molar-refractivity contribution in [1.82, 2.24) is 10.6 Å². The van der Waals surface area contributed by atoms with Crippen molar-refractivity contribution in [2.45, 2.75) is 30.9 Å². The van der Waals surface area contributed by atoms with Gasteiger partial charge in [-0.05, 0) is 28.7 Å². The molecule has 0 aliphatic heterocycles. The first-order valence-electron chi connectivity index (χ1n) is 11.1. The van der Waals surface area contributed by atoms with Crippen LogP contribution in [0.5, 0.6) is 0 Å². The van der Waals surface area contributed by atoms with Crippen molar-refractivity contribution in [3.63, 3.8) is 0 Å². The number of amides is 2. The molecule has 0 radical (unpaired) electrons. The molecular weight excluding hydrogens is 456 g/mol. The highest BCUT2D eigenvalue weighted by Gasteiger charge is 2.30. The molecule has 0 saturated carbocycles. The molecule has 3 N–H and O–H groups in total. The van der Waals surface area contributed by atoms with E-state index >= 15 is 0 Å². The topological polar surface area (TPSA) is 140 Å². The summed E-state index contributed by atoms with van der Waals surface area (Å²) in [6.07, 6.45) is -2.22. The maximum atomic E-state index is 12.4. The molecule has 0 heterocycles. The van der Waals surface area contributed by atoms with E-state index in [0.717, 1.165) is 22.3 Å². The van der Waals surface area contributed by atoms with Gasteiger partial charge in [-0.25, -0.2) is 9.59 Å². The quantitative estimate of drug-likeness (QED) is 0.412. The van der Waals surface area contributed by atoms with Crippen molar-refractivity contribution < 1.29 is 38.5 Å². The third-order valence-electron chi connectivity index (χ3n) is 5.83. The summed E-state index contributed by atoms with van der Waals surface area (Å²) in [6, 6.07) is 14.6. The summed E-state index contributed by atoms with van der Waals surface area (Å²) in [5, 5.41) is 14.1. The number of alkyl carbamates (subject to hydrolysis) is 1. The van der Waals surface area contributed by atoms with E-state index in [4.69, 9.17) is 9.47 Å². The standard InChI is InChI=1S/C25H28N2O8/c1-33-21(23(29)27-20(24(30)31)11-12-22(28)34-2)13-26-25(32)35-14-19-17-9-5-3-7-15(17)16-8-4-6-10-18(16)19/h3-10,19-21H,11-14H2,1-2H3,(H,26,32)(H,27,29)(H,30,31)/t20-,21?/m1/s1. The van der Waals surface area contributed by atoms with Crippen LogP contribution in [0.1, 0.15) is 29.9 Å². The maximum absolute atomic E-state index is 12.4. The number of carbonyl (C=O) groups is 4. The smallest absolute Gasteiger partial charge is 0.407 e. The van der Waals surface area contributed by atoms with Gasteiger partial charge in [-0.3, -0.25) is 9.59 Å². The van der Waals surface area contributed by atoms with E-state index in [1.807, 2.05) is 48.5 Å². The van der Waals surface area contributed by atoms with Crippen LogP contribution >= 0.6 is 0 Å². The fraction of sp³-hybridized carbons (Fsp3) is 0.360. The Kier molecular flexibility index (Phi) is 8.80. The van der Waals surface area contributed by atoms with Gasteiger partial charge in [-0.2, -0.15) is 0 Å². The molecule has 35 heavy (non-hydrogen) atoms. The molecular formula is C25H28N2O8. The Bertz CT molecular complexity index is 1040. The molecule has 1 aliphatic carbocycles. The Hall–Kier alpha value is -3.92. The minimum Gasteiger partial charge on any atom is -0.480 e. The number of aliphatic carboxylic acids is 1. The average Bonchev–Trinajstić information content (AvgIpc) is 3.18. The number of hydrogen-bond acceptors (Lipinski definition) is 7. The predicted octanol–water partition coefficient (Wildman–Crippen LogP) is 2.06. The van der Waals surface area contributed by atoms with Gasteiger partial charge in [-0.15, -0.1) is 0 Å². The van der Waals surface area contributed by atoms with Crippen LogP contribution in [0.2, 0.25) is 0 Å². The molecule has 2 amide bonds. The number of fused-ring (bicyclic) bond motifs is 3. The van der Waals surface area contributed by atoms with Crippen molar-refractivity contribution in [3.05, 3.63) is 59.7 Å². The predicted molar refractivity (Wildman–Crippen MR) is 125 cm³/mol. The van der Waals surface area contributed by atoms with Crippen LogP contribution in [0, 0.1) is 0 Å². The van der Waals surface area contributed by atoms with Gasteiger partial charge in [0.1, 0.15) is 12.6 Å². The van der Waals surface area contributed by atoms with Crippen molar-refractivity contribution in [3.8, 4) is 11.1 Å². The molecule has 1 aliphatic rings. The number of ether oxygens (including phenoxy) is 3. The molecule has 1 unspecified atom stereocenters. The molecule has 0 saturated heterocycles. The van der Waals surface area contributed by atoms with E-state index in [1.54, 1.807) is 0 Å². The summed E-state index contributed by atoms with van der Waals surface area (Å²) >= 11 is 0. The number of benzene rings is 2. The summed E-state index contributed by atoms with van der Waals surface area (Å²) in [6.45, 7) is -0.124. The second kappa shape index (κ2) is 12.0. The van der Waals surface area contributed by atoms with E-state index in [1.165, 1.54) is 14.2 Å². The Morgan fingerprint density at radius 2 is 1.57 bits per heavy atom. The lowest BCUT2D eigenvalue weighted by Gasteiger charge is -2.20. The third-order valence-corrected chi connectivity index (χ3v) is 5.83. The van der Waals surface area contributed by atoms with E-state index in [2.05, 4.69) is 15.4 Å². The van der Waals surface area contributed by atoms with Crippen molar-refractivity contribution in [2.24, 2.45) is 0 Å². The summed E-state index contributed by atoms with van der Waals surface area (Å²) < 4.78 is 15.0. The Balaban J connectivity index is 1.52. The Morgan fingerprint density at radius 3 is 2.11 bits per heavy atom. The molecule has 0 aromatic heterocycles. The van der Waals surface area contributed by atoms with Crippen LogP contribution in [0.3, 0.4) is 0 Å². The molecule has 0 bridgehead atoms. The van der Waals surface area contributed by atoms with Gasteiger partial charge in [0, 0.05) is 19.4 Å². The lowest BCUT2D eigenvalue weighted by molar-refractivity contribution is -0.145. The molecule has 2 aromatic carbocycles. The largest absolute Gasteiger partial charge is 0.480 e. The van der Waals surface area contributed by atoms with Gasteiger partial charge in [0.15, 0.2) is 6.10 Å². The normalized spacial score (nSPS) is 13.7. The number of carbonyl (C=O) groups excluding carboxylic acids is 3. The van der Waals surface area contributed by atoms with Crippen molar-refractivity contribution >= 4 is 23.9 Å². The molecule has 2 atom stereocenters. The number of nitrogens with one attached hydrogen (secondary N) is 2. The van der Waals surface area contributed by atoms with Gasteiger partial charge in [0.25, 0.3) is 5.91 Å². The molecule has 0 fully saturated rings. The first-order valence-corrected chi connectivity index (χ1v) is 11.1. The SMILES string of the molecule is COC(=O)CC[C@@H](NC(=O)C(CNC(=O)OCC1c2ccccc2-c2ccccc21)OC)C(=O)O. The van der Waals surface area contributed by atoms with E-state index in [-0.39, 0.29) is 31.9 Å². The third kappa shape index (κ3) is 6.36. The van der Waals surface area contributed by atoms with E-state index in [0.29, 0.717) is 0 Å². The highest BCUT2D eigenvalue weighted by atomic mass is 16.5. The van der Waals surface area contributed by atoms with Crippen molar-refractivity contribution in [2.75, 3.05) is 27.4 Å². The minimum atomic E-state index is -1.31. The average molecular weight is 485 g/mol. The summed E-state index contributed by atoms with van der Waals surface area (Å²) in [5.41, 5.74) is 4.35. The highest BCUT2D eigenvalue weighted by Crippen LogP contribution is 2.44. The second-order valence-corrected chi connectivity index (χ2v) is 7.95. The van der Waals surface area contributed by atoms with Crippen molar-refractivity contribution in [1.29, 1.82) is 0 Å². The number of rotatable bonds is 11. The Labute approximate surface area is 202 Å². The molecule has 10 heteroatoms. The molecule has 10 nitrogen and oxygen atoms in total. The van der Waals surface area contributed by atoms with Gasteiger partial charge in [0.2, 0.25) is 0 Å². The first kappa shape index (κ1) is 25.7. The lowest BCUT2D eigenvalue weighted by atomic mass is 9.98. The van der Waals surface area contributed by atoms with Gasteiger partial charge >= 0.3 is 18.0 Å². The zero-order valence-corrected chi connectivity index (χ0v) is 19.5. The Morgan fingerprint density at radius 1 is 0.971 bits per heavy atom. The second-order valence-electron chi connectivity index (χ2n) is 7.95. The van der Waals surface area contributed by atoms with Crippen LogP contribution in [-0.4, -0.2) is 68.6 Å². The fourth-order valence-corrected chi connectivity index (χ4v) is 3.99. The summed E-state index contributed by atoms with van der Waals surface area (Å²) in [4.78, 5) is 47.5. The molecule has 3 rings (SSSR count). The van der Waals surface area contributed by atoms with Crippen LogP contribution in [0.4, 0.5) is 4.79 Å². The zero-order chi connectivity index (χ0) is 25.4. The first-order chi connectivity index (χ1) is 16.8. The van der Waals surface area contributed by atoms with Gasteiger partial charge in [0.05, 0.1) is 13.7 Å². The van der Waals surface area contributed by atoms with Gasteiger partial charge < -0.3 is 30.0 Å². The molecule has 0 spiro atoms. The number of esters is 1. The van der Waals surface area contributed by atoms with Crippen LogP contribution < -0.4 is 10.6 Å². The van der Waals surface area contributed by atoms with Crippen LogP contribution in [0.25, 0.3) is 11.1 Å².